The molecular weight excluding hydrogens is 490 g/mol. The number of piperidine rings is 1. The summed E-state index contributed by atoms with van der Waals surface area (Å²) in [5.74, 6) is -2.73. The second kappa shape index (κ2) is 9.95. The first-order valence-corrected chi connectivity index (χ1v) is 13.0. The second-order valence-electron chi connectivity index (χ2n) is 12.2. The van der Waals surface area contributed by atoms with E-state index in [1.807, 2.05) is 20.8 Å². The number of aromatic nitrogens is 2. The summed E-state index contributed by atoms with van der Waals surface area (Å²) in [5.41, 5.74) is 4.83. The van der Waals surface area contributed by atoms with Crippen molar-refractivity contribution in [3.8, 4) is 0 Å². The van der Waals surface area contributed by atoms with E-state index in [1.165, 1.54) is 23.5 Å². The van der Waals surface area contributed by atoms with Crippen LogP contribution in [-0.4, -0.2) is 75.6 Å². The molecule has 5 amide bonds. The minimum Gasteiger partial charge on any atom is -0.368 e. The zero-order chi connectivity index (χ0) is 28.0. The fourth-order valence-corrected chi connectivity index (χ4v) is 5.91. The van der Waals surface area contributed by atoms with Crippen molar-refractivity contribution >= 4 is 29.5 Å². The molecule has 0 radical (unpaired) electrons. The number of primary amides is 1. The number of hydrogen-bond acceptors (Lipinski definition) is 7. The third-order valence-electron chi connectivity index (χ3n) is 8.29. The minimum atomic E-state index is -1.04. The maximum absolute atomic E-state index is 13.9. The summed E-state index contributed by atoms with van der Waals surface area (Å²) >= 11 is 0. The first kappa shape index (κ1) is 27.5. The normalized spacial score (nSPS) is 27.1. The van der Waals surface area contributed by atoms with E-state index in [0.29, 0.717) is 19.5 Å². The van der Waals surface area contributed by atoms with Crippen molar-refractivity contribution in [2.75, 3.05) is 13.1 Å². The highest BCUT2D eigenvalue weighted by Gasteiger charge is 2.69. The number of carbonyl (C=O) groups is 5. The van der Waals surface area contributed by atoms with E-state index in [-0.39, 0.29) is 41.2 Å². The molecule has 3 fully saturated rings. The van der Waals surface area contributed by atoms with Gasteiger partial charge < -0.3 is 26.6 Å². The van der Waals surface area contributed by atoms with E-state index in [9.17, 15) is 24.0 Å². The van der Waals surface area contributed by atoms with Crippen LogP contribution in [0.2, 0.25) is 0 Å². The maximum Gasteiger partial charge on any atom is 0.272 e. The number of nitrogens with two attached hydrogens (primary N) is 1. The zero-order valence-electron chi connectivity index (χ0n) is 22.5. The molecule has 0 unspecified atom stereocenters. The monoisotopic (exact) mass is 527 g/mol. The predicted octanol–water partition coefficient (Wildman–Crippen LogP) is -0.400. The summed E-state index contributed by atoms with van der Waals surface area (Å²) in [6, 6.07) is -2.81. The lowest BCUT2D eigenvalue weighted by Crippen LogP contribution is -2.60. The third kappa shape index (κ3) is 5.21. The standard InChI is InChI=1S/C26H37N7O5/c1-25(2,3)19(32-22(36)16-11-28-8-9-29-16)24(38)33-12-14-17(26(14,4)5)18(33)23(37)31-15(20(27)34)10-13-6-7-30-21(13)35/h8-9,11,13-15,17-19H,6-7,10,12H2,1-5H3,(H2,27,34)(H,30,35)(H,31,37)(H,32,36)/t13-,14-,15-,17-,18-,19+/m0/s1. The van der Waals surface area contributed by atoms with Gasteiger partial charge in [-0.05, 0) is 35.5 Å². The van der Waals surface area contributed by atoms with E-state index in [4.69, 9.17) is 5.73 Å². The molecule has 0 aromatic carbocycles. The Morgan fingerprint density at radius 3 is 2.47 bits per heavy atom. The van der Waals surface area contributed by atoms with E-state index >= 15 is 0 Å². The molecule has 1 aromatic rings. The molecule has 3 aliphatic rings. The molecule has 2 saturated heterocycles. The highest BCUT2D eigenvalue weighted by molar-refractivity contribution is 5.98. The number of amides is 5. The van der Waals surface area contributed by atoms with Gasteiger partial charge in [0.2, 0.25) is 23.6 Å². The molecule has 0 spiro atoms. The Hall–Kier alpha value is -3.57. The zero-order valence-corrected chi connectivity index (χ0v) is 22.5. The number of nitrogens with one attached hydrogen (secondary N) is 3. The summed E-state index contributed by atoms with van der Waals surface area (Å²) in [6.07, 6.45) is 4.82. The number of hydrogen-bond donors (Lipinski definition) is 4. The van der Waals surface area contributed by atoms with Crippen molar-refractivity contribution < 1.29 is 24.0 Å². The molecule has 5 N–H and O–H groups in total. The Morgan fingerprint density at radius 1 is 1.21 bits per heavy atom. The average molecular weight is 528 g/mol. The number of fused-ring (bicyclic) bond motifs is 1. The molecule has 12 heteroatoms. The molecule has 2 aliphatic heterocycles. The van der Waals surface area contributed by atoms with Crippen LogP contribution >= 0.6 is 0 Å². The molecule has 4 rings (SSSR count). The first-order valence-electron chi connectivity index (χ1n) is 13.0. The van der Waals surface area contributed by atoms with Crippen molar-refractivity contribution in [1.82, 2.24) is 30.8 Å². The molecule has 1 aromatic heterocycles. The molecule has 3 heterocycles. The Labute approximate surface area is 221 Å². The third-order valence-corrected chi connectivity index (χ3v) is 8.29. The van der Waals surface area contributed by atoms with Crippen LogP contribution in [0.1, 0.15) is 57.9 Å². The van der Waals surface area contributed by atoms with Crippen molar-refractivity contribution in [3.05, 3.63) is 24.3 Å². The lowest BCUT2D eigenvalue weighted by Gasteiger charge is -2.37. The van der Waals surface area contributed by atoms with Gasteiger partial charge in [-0.2, -0.15) is 0 Å². The van der Waals surface area contributed by atoms with Gasteiger partial charge in [-0.25, -0.2) is 4.98 Å². The fraction of sp³-hybridized carbons (Fsp3) is 0.654. The molecule has 0 bridgehead atoms. The molecule has 6 atom stereocenters. The first-order chi connectivity index (χ1) is 17.7. The van der Waals surface area contributed by atoms with Gasteiger partial charge in [-0.3, -0.25) is 29.0 Å². The van der Waals surface area contributed by atoms with Crippen molar-refractivity contribution in [1.29, 1.82) is 0 Å². The second-order valence-corrected chi connectivity index (χ2v) is 12.2. The Kier molecular flexibility index (Phi) is 7.19. The summed E-state index contributed by atoms with van der Waals surface area (Å²) in [5, 5.41) is 8.25. The molecule has 12 nitrogen and oxygen atoms in total. The SMILES string of the molecule is CC(C)(C)[C@H](NC(=O)c1cnccn1)C(=O)N1C[C@H]2[C@@H]([C@H]1C(=O)N[C@@H](C[C@@H]1CCNC1=O)C(N)=O)C2(C)C. The Bertz CT molecular complexity index is 1130. The summed E-state index contributed by atoms with van der Waals surface area (Å²) in [6.45, 7) is 10.5. The molecule has 1 saturated carbocycles. The van der Waals surface area contributed by atoms with Crippen LogP contribution in [0.3, 0.4) is 0 Å². The van der Waals surface area contributed by atoms with Gasteiger partial charge in [0, 0.05) is 31.4 Å². The summed E-state index contributed by atoms with van der Waals surface area (Å²) in [7, 11) is 0. The van der Waals surface area contributed by atoms with Gasteiger partial charge in [0.1, 0.15) is 23.8 Å². The lowest BCUT2D eigenvalue weighted by molar-refractivity contribution is -0.144. The quantitative estimate of drug-likeness (QED) is 0.355. The van der Waals surface area contributed by atoms with Gasteiger partial charge in [0.15, 0.2) is 0 Å². The Morgan fingerprint density at radius 2 is 1.92 bits per heavy atom. The minimum absolute atomic E-state index is 0.0782. The van der Waals surface area contributed by atoms with E-state index in [2.05, 4.69) is 39.8 Å². The fourth-order valence-electron chi connectivity index (χ4n) is 5.91. The van der Waals surface area contributed by atoms with Gasteiger partial charge in [0.05, 0.1) is 6.20 Å². The topological polar surface area (TPSA) is 176 Å². The van der Waals surface area contributed by atoms with Crippen LogP contribution < -0.4 is 21.7 Å². The van der Waals surface area contributed by atoms with E-state index < -0.39 is 47.2 Å². The highest BCUT2D eigenvalue weighted by atomic mass is 16.2. The molecular formula is C26H37N7O5. The number of carbonyl (C=O) groups excluding carboxylic acids is 5. The van der Waals surface area contributed by atoms with Crippen LogP contribution in [0.5, 0.6) is 0 Å². The average Bonchev–Trinajstić information content (AvgIpc) is 3.20. The van der Waals surface area contributed by atoms with Gasteiger partial charge in [0.25, 0.3) is 5.91 Å². The largest absolute Gasteiger partial charge is 0.368 e. The van der Waals surface area contributed by atoms with Gasteiger partial charge >= 0.3 is 0 Å². The van der Waals surface area contributed by atoms with Crippen LogP contribution in [0.15, 0.2) is 18.6 Å². The van der Waals surface area contributed by atoms with Crippen molar-refractivity contribution in [2.24, 2.45) is 34.3 Å². The van der Waals surface area contributed by atoms with E-state index in [1.54, 1.807) is 0 Å². The summed E-state index contributed by atoms with van der Waals surface area (Å²) in [4.78, 5) is 74.2. The number of nitrogens with zero attached hydrogens (tertiary/aromatic N) is 3. The van der Waals surface area contributed by atoms with Crippen LogP contribution in [0.4, 0.5) is 0 Å². The van der Waals surface area contributed by atoms with Crippen LogP contribution in [0.25, 0.3) is 0 Å². The van der Waals surface area contributed by atoms with Crippen LogP contribution in [-0.2, 0) is 19.2 Å². The maximum atomic E-state index is 13.9. The van der Waals surface area contributed by atoms with E-state index in [0.717, 1.165) is 0 Å². The lowest BCUT2D eigenvalue weighted by atomic mass is 9.85. The predicted molar refractivity (Wildman–Crippen MR) is 136 cm³/mol. The Balaban J connectivity index is 1.55. The molecule has 1 aliphatic carbocycles. The van der Waals surface area contributed by atoms with Gasteiger partial charge in [-0.1, -0.05) is 34.6 Å². The van der Waals surface area contributed by atoms with Crippen molar-refractivity contribution in [3.63, 3.8) is 0 Å². The van der Waals surface area contributed by atoms with Crippen LogP contribution in [0, 0.1) is 28.6 Å². The smallest absolute Gasteiger partial charge is 0.272 e. The number of likely N-dealkylation sites (tertiary alicyclic amines) is 1. The van der Waals surface area contributed by atoms with Crippen molar-refractivity contribution in [2.45, 2.75) is 65.6 Å². The highest BCUT2D eigenvalue weighted by Crippen LogP contribution is 2.65. The molecule has 206 valence electrons. The number of rotatable bonds is 8. The summed E-state index contributed by atoms with van der Waals surface area (Å²) < 4.78 is 0. The van der Waals surface area contributed by atoms with Gasteiger partial charge in [-0.15, -0.1) is 0 Å². The molecule has 38 heavy (non-hydrogen) atoms.